The molecule has 0 saturated carbocycles. The smallest absolute Gasteiger partial charge is 0.335 e. The molecular weight excluding hydrogens is 394 g/mol. The molecule has 0 rings (SSSR count). The van der Waals surface area contributed by atoms with Crippen LogP contribution in [-0.2, 0) is 14.3 Å². The normalized spacial score (nSPS) is 13.7. The van der Waals surface area contributed by atoms with Crippen LogP contribution in [0.3, 0.4) is 0 Å². The Morgan fingerprint density at radius 3 is 1.61 bits per heavy atom. The van der Waals surface area contributed by atoms with Crippen LogP contribution in [-0.4, -0.2) is 61.4 Å². The molecule has 1 N–H and O–H groups in total. The fraction of sp³-hybridized carbons (Fsp3) is 0.920. The van der Waals surface area contributed by atoms with E-state index < -0.39 is 24.1 Å². The van der Waals surface area contributed by atoms with E-state index in [1.807, 2.05) is 21.1 Å². The van der Waals surface area contributed by atoms with Crippen molar-refractivity contribution in [2.45, 2.75) is 122 Å². The van der Waals surface area contributed by atoms with Gasteiger partial charge in [-0.25, -0.2) is 4.79 Å². The molecule has 6 heteroatoms. The summed E-state index contributed by atoms with van der Waals surface area (Å²) in [4.78, 5) is 23.0. The molecule has 2 unspecified atom stereocenters. The van der Waals surface area contributed by atoms with Crippen LogP contribution in [0.25, 0.3) is 0 Å². The number of nitrogens with zero attached hydrogens (tertiary/aromatic N) is 1. The average Bonchev–Trinajstić information content (AvgIpc) is 2.66. The summed E-state index contributed by atoms with van der Waals surface area (Å²) in [5, 5.41) is 20.9. The van der Waals surface area contributed by atoms with Crippen molar-refractivity contribution in [2.24, 2.45) is 0 Å². The highest BCUT2D eigenvalue weighted by molar-refractivity contribution is 5.75. The Hall–Kier alpha value is -1.14. The molecule has 0 fully saturated rings. The Morgan fingerprint density at radius 2 is 1.23 bits per heavy atom. The van der Waals surface area contributed by atoms with Crippen molar-refractivity contribution >= 4 is 11.9 Å². The Bertz CT molecular complexity index is 461. The van der Waals surface area contributed by atoms with Crippen LogP contribution in [0.1, 0.15) is 110 Å². The van der Waals surface area contributed by atoms with Crippen LogP contribution >= 0.6 is 0 Å². The molecule has 0 bridgehead atoms. The van der Waals surface area contributed by atoms with E-state index in [1.54, 1.807) is 0 Å². The molecule has 0 radical (unpaired) electrons. The zero-order valence-electron chi connectivity index (χ0n) is 20.7. The number of aliphatic hydroxyl groups excluding tert-OH is 1. The number of aliphatic carboxylic acids is 1. The molecule has 0 aliphatic carbocycles. The highest BCUT2D eigenvalue weighted by Crippen LogP contribution is 2.14. The first-order valence-corrected chi connectivity index (χ1v) is 12.5. The second kappa shape index (κ2) is 18.4. The third-order valence-corrected chi connectivity index (χ3v) is 5.53. The molecule has 0 amide bonds. The maximum atomic E-state index is 12.1. The minimum Gasteiger partial charge on any atom is -0.550 e. The van der Waals surface area contributed by atoms with Crippen LogP contribution < -0.4 is 5.11 Å². The molecule has 6 nitrogen and oxygen atoms in total. The number of rotatable bonds is 21. The van der Waals surface area contributed by atoms with E-state index in [2.05, 4.69) is 6.92 Å². The topological polar surface area (TPSA) is 86.7 Å². The SMILES string of the molecule is CCCCCCCCCCCCCCCCC(O)C(=O)OC(CC(=O)[O-])C[N+](C)(C)C. The molecule has 0 spiro atoms. The van der Waals surface area contributed by atoms with Crippen LogP contribution in [0.5, 0.6) is 0 Å². The van der Waals surface area contributed by atoms with E-state index in [0.717, 1.165) is 19.3 Å². The van der Waals surface area contributed by atoms with Crippen molar-refractivity contribution < 1.29 is 29.0 Å². The number of carboxylic acid groups (broad SMARTS) is 1. The van der Waals surface area contributed by atoms with Gasteiger partial charge in [-0.2, -0.15) is 0 Å². The van der Waals surface area contributed by atoms with Gasteiger partial charge in [-0.05, 0) is 6.42 Å². The number of likely N-dealkylation sites (N-methyl/N-ethyl adjacent to an activating group) is 1. The van der Waals surface area contributed by atoms with Crippen molar-refractivity contribution in [1.29, 1.82) is 0 Å². The van der Waals surface area contributed by atoms with Gasteiger partial charge >= 0.3 is 5.97 Å². The van der Waals surface area contributed by atoms with Gasteiger partial charge in [0.2, 0.25) is 0 Å². The number of ether oxygens (including phenoxy) is 1. The van der Waals surface area contributed by atoms with Crippen molar-refractivity contribution in [3.8, 4) is 0 Å². The summed E-state index contributed by atoms with van der Waals surface area (Å²) in [5.74, 6) is -1.98. The Kier molecular flexibility index (Phi) is 17.8. The lowest BCUT2D eigenvalue weighted by molar-refractivity contribution is -0.873. The predicted octanol–water partition coefficient (Wildman–Crippen LogP) is 3.98. The van der Waals surface area contributed by atoms with Crippen molar-refractivity contribution in [3.05, 3.63) is 0 Å². The Balaban J connectivity index is 3.73. The number of carboxylic acids is 1. The summed E-state index contributed by atoms with van der Waals surface area (Å²) in [6.45, 7) is 2.60. The summed E-state index contributed by atoms with van der Waals surface area (Å²) < 4.78 is 5.70. The molecule has 0 aliphatic heterocycles. The number of quaternary nitrogens is 1. The van der Waals surface area contributed by atoms with Crippen LogP contribution in [0.4, 0.5) is 0 Å². The summed E-state index contributed by atoms with van der Waals surface area (Å²) in [6.07, 6.45) is 15.6. The van der Waals surface area contributed by atoms with E-state index in [0.29, 0.717) is 17.4 Å². The molecule has 0 aromatic rings. The molecule has 0 aromatic heterocycles. The van der Waals surface area contributed by atoms with Gasteiger partial charge in [-0.15, -0.1) is 0 Å². The molecule has 31 heavy (non-hydrogen) atoms. The van der Waals surface area contributed by atoms with Crippen molar-refractivity contribution in [1.82, 2.24) is 0 Å². The summed E-state index contributed by atoms with van der Waals surface area (Å²) >= 11 is 0. The lowest BCUT2D eigenvalue weighted by Gasteiger charge is -2.29. The van der Waals surface area contributed by atoms with Crippen LogP contribution in [0.15, 0.2) is 0 Å². The van der Waals surface area contributed by atoms with Crippen LogP contribution in [0, 0.1) is 0 Å². The summed E-state index contributed by atoms with van der Waals surface area (Å²) in [6, 6.07) is 0. The second-order valence-electron chi connectivity index (χ2n) is 10.0. The maximum absolute atomic E-state index is 12.1. The number of aliphatic hydroxyl groups is 1. The largest absolute Gasteiger partial charge is 0.550 e. The zero-order chi connectivity index (χ0) is 23.5. The standard InChI is InChI=1S/C25H49NO5/c1-5-6-7-8-9-10-11-12-13-14-15-16-17-18-19-23(27)25(30)31-22(20-24(28)29)21-26(2,3)4/h22-23,27H,5-21H2,1-4H3. The molecule has 0 aliphatic rings. The highest BCUT2D eigenvalue weighted by Gasteiger charge is 2.25. The van der Waals surface area contributed by atoms with Gasteiger partial charge < -0.3 is 24.2 Å². The first-order chi connectivity index (χ1) is 14.7. The molecule has 0 aromatic carbocycles. The molecule has 0 heterocycles. The zero-order valence-corrected chi connectivity index (χ0v) is 20.7. The number of hydrogen-bond donors (Lipinski definition) is 1. The lowest BCUT2D eigenvalue weighted by Crippen LogP contribution is -2.46. The molecule has 0 saturated heterocycles. The number of hydrogen-bond acceptors (Lipinski definition) is 5. The fourth-order valence-corrected chi connectivity index (χ4v) is 3.83. The Morgan fingerprint density at radius 1 is 0.806 bits per heavy atom. The van der Waals surface area contributed by atoms with Crippen LogP contribution in [0.2, 0.25) is 0 Å². The van der Waals surface area contributed by atoms with E-state index in [4.69, 9.17) is 4.74 Å². The quantitative estimate of drug-likeness (QED) is 0.165. The van der Waals surface area contributed by atoms with Gasteiger partial charge in [-0.3, -0.25) is 0 Å². The average molecular weight is 444 g/mol. The van der Waals surface area contributed by atoms with Crippen molar-refractivity contribution in [3.63, 3.8) is 0 Å². The van der Waals surface area contributed by atoms with E-state index in [9.17, 15) is 19.8 Å². The predicted molar refractivity (Wildman–Crippen MR) is 123 cm³/mol. The third kappa shape index (κ3) is 20.5. The molecule has 184 valence electrons. The monoisotopic (exact) mass is 443 g/mol. The molecular formula is C25H49NO5. The van der Waals surface area contributed by atoms with E-state index >= 15 is 0 Å². The van der Waals surface area contributed by atoms with Gasteiger partial charge in [0, 0.05) is 12.4 Å². The highest BCUT2D eigenvalue weighted by atomic mass is 16.6. The minimum atomic E-state index is -1.26. The van der Waals surface area contributed by atoms with E-state index in [1.165, 1.54) is 70.6 Å². The van der Waals surface area contributed by atoms with Gasteiger partial charge in [-0.1, -0.05) is 96.8 Å². The third-order valence-electron chi connectivity index (χ3n) is 5.53. The summed E-state index contributed by atoms with van der Waals surface area (Å²) in [5.41, 5.74) is 0. The number of unbranched alkanes of at least 4 members (excludes halogenated alkanes) is 13. The first-order valence-electron chi connectivity index (χ1n) is 12.5. The minimum absolute atomic E-state index is 0.352. The number of carbonyl (C=O) groups excluding carboxylic acids is 2. The molecule has 2 atom stereocenters. The van der Waals surface area contributed by atoms with Gasteiger partial charge in [0.05, 0.1) is 21.1 Å². The van der Waals surface area contributed by atoms with Gasteiger partial charge in [0.15, 0.2) is 12.2 Å². The Labute approximate surface area is 190 Å². The fourth-order valence-electron chi connectivity index (χ4n) is 3.83. The number of carbonyl (C=O) groups is 2. The first kappa shape index (κ1) is 29.9. The van der Waals surface area contributed by atoms with E-state index in [-0.39, 0.29) is 6.42 Å². The second-order valence-corrected chi connectivity index (χ2v) is 10.0. The maximum Gasteiger partial charge on any atom is 0.335 e. The van der Waals surface area contributed by atoms with Gasteiger partial charge in [0.25, 0.3) is 0 Å². The van der Waals surface area contributed by atoms with Gasteiger partial charge in [0.1, 0.15) is 6.54 Å². The number of esters is 1. The van der Waals surface area contributed by atoms with Crippen molar-refractivity contribution in [2.75, 3.05) is 27.7 Å². The summed E-state index contributed by atoms with van der Waals surface area (Å²) in [7, 11) is 5.67. The lowest BCUT2D eigenvalue weighted by atomic mass is 10.0.